The van der Waals surface area contributed by atoms with Crippen molar-refractivity contribution >= 4 is 17.1 Å². The third-order valence-corrected chi connectivity index (χ3v) is 2.27. The molecule has 0 saturated carbocycles. The van der Waals surface area contributed by atoms with E-state index in [1.165, 1.54) is 10.9 Å². The molecule has 0 amide bonds. The van der Waals surface area contributed by atoms with Crippen LogP contribution < -0.4 is 5.43 Å². The zero-order valence-corrected chi connectivity index (χ0v) is 8.24. The standard InChI is InChI=1S/C9H9N3O3/c1-4-5(9(14)15)7(13)6-8(11-4)10-3-12(6)2/h3H,1-2H3,(H,11,13)(H,14,15). The quantitative estimate of drug-likeness (QED) is 0.702. The molecule has 0 aliphatic rings. The summed E-state index contributed by atoms with van der Waals surface area (Å²) in [5.74, 6) is -1.23. The van der Waals surface area contributed by atoms with Gasteiger partial charge in [-0.25, -0.2) is 9.78 Å². The molecule has 6 nitrogen and oxygen atoms in total. The molecule has 0 spiro atoms. The molecule has 6 heteroatoms. The Bertz CT molecular complexity index is 609. The molecule has 0 aromatic carbocycles. The van der Waals surface area contributed by atoms with Crippen molar-refractivity contribution in [3.63, 3.8) is 0 Å². The summed E-state index contributed by atoms with van der Waals surface area (Å²) in [5.41, 5.74) is 0.265. The number of aryl methyl sites for hydroxylation is 2. The lowest BCUT2D eigenvalue weighted by Gasteiger charge is -2.01. The number of carbonyl (C=O) groups is 1. The molecule has 0 unspecified atom stereocenters. The summed E-state index contributed by atoms with van der Waals surface area (Å²) in [6, 6.07) is 0. The van der Waals surface area contributed by atoms with Crippen molar-refractivity contribution in [3.05, 3.63) is 27.8 Å². The van der Waals surface area contributed by atoms with Crippen molar-refractivity contribution in [2.24, 2.45) is 7.05 Å². The SMILES string of the molecule is Cc1[nH]c2ncn(C)c2c(=O)c1C(=O)O. The van der Waals surface area contributed by atoms with Crippen molar-refractivity contribution in [1.82, 2.24) is 14.5 Å². The molecule has 15 heavy (non-hydrogen) atoms. The molecule has 2 N–H and O–H groups in total. The molecular formula is C9H9N3O3. The van der Waals surface area contributed by atoms with Crippen molar-refractivity contribution < 1.29 is 9.90 Å². The third kappa shape index (κ3) is 1.22. The largest absolute Gasteiger partial charge is 0.477 e. The van der Waals surface area contributed by atoms with Crippen LogP contribution in [0.3, 0.4) is 0 Å². The van der Waals surface area contributed by atoms with Crippen LogP contribution in [-0.2, 0) is 7.05 Å². The Kier molecular flexibility index (Phi) is 1.85. The Morgan fingerprint density at radius 3 is 2.87 bits per heavy atom. The van der Waals surface area contributed by atoms with E-state index in [-0.39, 0.29) is 11.1 Å². The van der Waals surface area contributed by atoms with Gasteiger partial charge >= 0.3 is 5.97 Å². The van der Waals surface area contributed by atoms with Gasteiger partial charge < -0.3 is 14.7 Å². The Hall–Kier alpha value is -2.11. The number of hydrogen-bond acceptors (Lipinski definition) is 3. The van der Waals surface area contributed by atoms with Crippen LogP contribution in [0.4, 0.5) is 0 Å². The summed E-state index contributed by atoms with van der Waals surface area (Å²) < 4.78 is 1.50. The fourth-order valence-electron chi connectivity index (χ4n) is 1.58. The van der Waals surface area contributed by atoms with E-state index in [4.69, 9.17) is 5.11 Å². The summed E-state index contributed by atoms with van der Waals surface area (Å²) in [5, 5.41) is 8.88. The minimum atomic E-state index is -1.23. The van der Waals surface area contributed by atoms with E-state index in [0.717, 1.165) is 0 Å². The van der Waals surface area contributed by atoms with E-state index in [1.807, 2.05) is 0 Å². The van der Waals surface area contributed by atoms with Gasteiger partial charge in [-0.15, -0.1) is 0 Å². The molecule has 0 aliphatic carbocycles. The lowest BCUT2D eigenvalue weighted by molar-refractivity contribution is 0.0694. The van der Waals surface area contributed by atoms with E-state index < -0.39 is 11.4 Å². The normalized spacial score (nSPS) is 10.8. The summed E-state index contributed by atoms with van der Waals surface area (Å²) in [7, 11) is 1.64. The van der Waals surface area contributed by atoms with Gasteiger partial charge in [0.2, 0.25) is 5.43 Å². The number of hydrogen-bond donors (Lipinski definition) is 2. The topological polar surface area (TPSA) is 88.0 Å². The number of pyridine rings is 1. The van der Waals surface area contributed by atoms with Crippen LogP contribution in [0.2, 0.25) is 0 Å². The summed E-state index contributed by atoms with van der Waals surface area (Å²) in [4.78, 5) is 29.4. The number of H-pyrrole nitrogens is 1. The maximum absolute atomic E-state index is 11.8. The van der Waals surface area contributed by atoms with Crippen LogP contribution in [0.1, 0.15) is 16.1 Å². The van der Waals surface area contributed by atoms with E-state index in [9.17, 15) is 9.59 Å². The van der Waals surface area contributed by atoms with Gasteiger partial charge in [0.05, 0.1) is 6.33 Å². The Labute approximate surface area is 84.2 Å². The third-order valence-electron chi connectivity index (χ3n) is 2.27. The first-order valence-corrected chi connectivity index (χ1v) is 4.29. The molecule has 0 bridgehead atoms. The number of carboxylic acids is 1. The minimum absolute atomic E-state index is 0.230. The first-order valence-electron chi connectivity index (χ1n) is 4.29. The number of aromatic nitrogens is 3. The van der Waals surface area contributed by atoms with Crippen molar-refractivity contribution in [2.75, 3.05) is 0 Å². The number of aromatic amines is 1. The molecule has 0 fully saturated rings. The van der Waals surface area contributed by atoms with Gasteiger partial charge in [-0.1, -0.05) is 0 Å². The fraction of sp³-hybridized carbons (Fsp3) is 0.222. The second kappa shape index (κ2) is 2.94. The van der Waals surface area contributed by atoms with Crippen LogP contribution >= 0.6 is 0 Å². The van der Waals surface area contributed by atoms with Crippen molar-refractivity contribution in [3.8, 4) is 0 Å². The summed E-state index contributed by atoms with van der Waals surface area (Å²) >= 11 is 0. The number of aromatic carboxylic acids is 1. The van der Waals surface area contributed by atoms with Gasteiger partial charge in [-0.05, 0) is 6.92 Å². The van der Waals surface area contributed by atoms with Crippen LogP contribution in [0.25, 0.3) is 11.2 Å². The number of nitrogens with one attached hydrogen (secondary N) is 1. The maximum atomic E-state index is 11.8. The molecule has 78 valence electrons. The van der Waals surface area contributed by atoms with Gasteiger partial charge in [-0.2, -0.15) is 0 Å². The number of carboxylic acid groups (broad SMARTS) is 1. The lowest BCUT2D eigenvalue weighted by atomic mass is 10.2. The van der Waals surface area contributed by atoms with E-state index in [2.05, 4.69) is 9.97 Å². The second-order valence-corrected chi connectivity index (χ2v) is 3.31. The molecule has 0 radical (unpaired) electrons. The molecular weight excluding hydrogens is 198 g/mol. The zero-order chi connectivity index (χ0) is 11.2. The smallest absolute Gasteiger partial charge is 0.341 e. The van der Waals surface area contributed by atoms with Gasteiger partial charge in [0.25, 0.3) is 0 Å². The first-order chi connectivity index (χ1) is 7.02. The monoisotopic (exact) mass is 207 g/mol. The van der Waals surface area contributed by atoms with Crippen molar-refractivity contribution in [2.45, 2.75) is 6.92 Å². The molecule has 2 aromatic rings. The molecule has 2 heterocycles. The average molecular weight is 207 g/mol. The second-order valence-electron chi connectivity index (χ2n) is 3.31. The number of rotatable bonds is 1. The number of fused-ring (bicyclic) bond motifs is 1. The van der Waals surface area contributed by atoms with E-state index in [1.54, 1.807) is 14.0 Å². The molecule has 0 saturated heterocycles. The van der Waals surface area contributed by atoms with Gasteiger partial charge in [0, 0.05) is 12.7 Å². The fourth-order valence-corrected chi connectivity index (χ4v) is 1.58. The Morgan fingerprint density at radius 1 is 1.60 bits per heavy atom. The number of imidazole rings is 1. The lowest BCUT2D eigenvalue weighted by Crippen LogP contribution is -2.19. The molecule has 2 rings (SSSR count). The molecule has 2 aromatic heterocycles. The Morgan fingerprint density at radius 2 is 2.27 bits per heavy atom. The van der Waals surface area contributed by atoms with Crippen LogP contribution in [0.5, 0.6) is 0 Å². The highest BCUT2D eigenvalue weighted by atomic mass is 16.4. The minimum Gasteiger partial charge on any atom is -0.477 e. The van der Waals surface area contributed by atoms with Gasteiger partial charge in [0.1, 0.15) is 11.1 Å². The highest BCUT2D eigenvalue weighted by Crippen LogP contribution is 2.08. The van der Waals surface area contributed by atoms with Gasteiger partial charge in [-0.3, -0.25) is 4.79 Å². The summed E-state index contributed by atoms with van der Waals surface area (Å²) in [6.07, 6.45) is 1.47. The van der Waals surface area contributed by atoms with Crippen LogP contribution in [-0.4, -0.2) is 25.6 Å². The predicted octanol–water partition coefficient (Wildman–Crippen LogP) is 0.268. The Balaban J connectivity index is 3.01. The van der Waals surface area contributed by atoms with Gasteiger partial charge in [0.15, 0.2) is 5.65 Å². The molecule has 0 aliphatic heterocycles. The van der Waals surface area contributed by atoms with Crippen molar-refractivity contribution in [1.29, 1.82) is 0 Å². The zero-order valence-electron chi connectivity index (χ0n) is 8.24. The number of nitrogens with zero attached hydrogens (tertiary/aromatic N) is 2. The van der Waals surface area contributed by atoms with Crippen LogP contribution in [0.15, 0.2) is 11.1 Å². The van der Waals surface area contributed by atoms with E-state index in [0.29, 0.717) is 11.3 Å². The highest BCUT2D eigenvalue weighted by Gasteiger charge is 2.17. The van der Waals surface area contributed by atoms with Crippen LogP contribution in [0, 0.1) is 6.92 Å². The molecule has 0 atom stereocenters. The highest BCUT2D eigenvalue weighted by molar-refractivity contribution is 5.92. The average Bonchev–Trinajstić information content (AvgIpc) is 2.46. The summed E-state index contributed by atoms with van der Waals surface area (Å²) in [6.45, 7) is 1.54. The van der Waals surface area contributed by atoms with E-state index >= 15 is 0 Å². The predicted molar refractivity (Wildman–Crippen MR) is 53.0 cm³/mol. The maximum Gasteiger partial charge on any atom is 0.341 e. The first kappa shape index (κ1) is 9.45.